The maximum atomic E-state index is 11.0. The van der Waals surface area contributed by atoms with Crippen molar-refractivity contribution in [3.8, 4) is 17.0 Å². The molecule has 2 fully saturated rings. The van der Waals surface area contributed by atoms with E-state index in [9.17, 15) is 4.79 Å². The van der Waals surface area contributed by atoms with Gasteiger partial charge >= 0.3 is 5.97 Å². The molecule has 0 atom stereocenters. The summed E-state index contributed by atoms with van der Waals surface area (Å²) < 4.78 is 11.9. The van der Waals surface area contributed by atoms with Crippen LogP contribution >= 0.6 is 11.6 Å². The van der Waals surface area contributed by atoms with Crippen LogP contribution in [0, 0.1) is 5.92 Å². The van der Waals surface area contributed by atoms with Crippen molar-refractivity contribution >= 4 is 29.3 Å². The van der Waals surface area contributed by atoms with Gasteiger partial charge in [-0.2, -0.15) is 4.98 Å². The predicted octanol–water partition coefficient (Wildman–Crippen LogP) is 4.06. The summed E-state index contributed by atoms with van der Waals surface area (Å²) in [6, 6.07) is 13.9. The van der Waals surface area contributed by atoms with Crippen LogP contribution in [0.1, 0.15) is 29.5 Å². The fourth-order valence-electron chi connectivity index (χ4n) is 5.74. The zero-order valence-corrected chi connectivity index (χ0v) is 23.1. The third-order valence-electron chi connectivity index (χ3n) is 8.17. The normalized spacial score (nSPS) is 20.4. The number of benzene rings is 2. The average molecular weight is 564 g/mol. The van der Waals surface area contributed by atoms with Gasteiger partial charge in [0.05, 0.1) is 24.3 Å². The van der Waals surface area contributed by atoms with E-state index >= 15 is 0 Å². The van der Waals surface area contributed by atoms with Crippen molar-refractivity contribution in [3.63, 3.8) is 0 Å². The SMILES string of the molecule is Nc1nc2c(c(N3CCN(CCO[C@H]4C[C@@H](C(=O)O)C4)CC3)n1)CCc1cc(OCc3ccc(Cl)cc3)ccc1-2. The second-order valence-corrected chi connectivity index (χ2v) is 11.2. The zero-order valence-electron chi connectivity index (χ0n) is 22.4. The molecule has 0 unspecified atom stereocenters. The minimum Gasteiger partial charge on any atom is -0.489 e. The minimum absolute atomic E-state index is 0.0897. The van der Waals surface area contributed by atoms with E-state index in [4.69, 9.17) is 31.9 Å². The Hall–Kier alpha value is -3.40. The number of anilines is 2. The summed E-state index contributed by atoms with van der Waals surface area (Å²) in [6.07, 6.45) is 3.09. The van der Waals surface area contributed by atoms with Crippen molar-refractivity contribution in [3.05, 3.63) is 64.2 Å². The van der Waals surface area contributed by atoms with Gasteiger partial charge in [0.1, 0.15) is 18.2 Å². The smallest absolute Gasteiger partial charge is 0.306 e. The first-order chi connectivity index (χ1) is 19.4. The summed E-state index contributed by atoms with van der Waals surface area (Å²) >= 11 is 5.99. The molecule has 1 saturated carbocycles. The van der Waals surface area contributed by atoms with Crippen molar-refractivity contribution in [2.75, 3.05) is 50.0 Å². The number of carboxylic acids is 1. The lowest BCUT2D eigenvalue weighted by Crippen LogP contribution is -2.48. The molecule has 3 N–H and O–H groups in total. The number of halogens is 1. The molecule has 1 aromatic heterocycles. The molecule has 2 heterocycles. The molecule has 2 aromatic carbocycles. The fourth-order valence-corrected chi connectivity index (χ4v) is 5.87. The number of carbonyl (C=O) groups is 1. The number of hydrogen-bond acceptors (Lipinski definition) is 8. The Morgan fingerprint density at radius 2 is 1.82 bits per heavy atom. The van der Waals surface area contributed by atoms with Gasteiger partial charge in [-0.05, 0) is 67.1 Å². The Labute approximate surface area is 238 Å². The van der Waals surface area contributed by atoms with Crippen LogP contribution in [0.5, 0.6) is 5.75 Å². The van der Waals surface area contributed by atoms with Gasteiger partial charge in [0.25, 0.3) is 0 Å². The summed E-state index contributed by atoms with van der Waals surface area (Å²) in [5.74, 6) is 1.12. The number of aliphatic carboxylic acids is 1. The number of fused-ring (bicyclic) bond motifs is 3. The van der Waals surface area contributed by atoms with E-state index in [2.05, 4.69) is 31.9 Å². The van der Waals surface area contributed by atoms with Gasteiger partial charge in [-0.1, -0.05) is 23.7 Å². The number of hydrogen-bond donors (Lipinski definition) is 2. The summed E-state index contributed by atoms with van der Waals surface area (Å²) in [4.78, 5) is 25.0. The number of rotatable bonds is 9. The number of piperazine rings is 1. The molecule has 10 heteroatoms. The third kappa shape index (κ3) is 5.87. The Morgan fingerprint density at radius 1 is 1.05 bits per heavy atom. The summed E-state index contributed by atoms with van der Waals surface area (Å²) in [7, 11) is 0. The number of nitrogen functional groups attached to an aromatic ring is 1. The number of nitrogens with two attached hydrogens (primary N) is 1. The monoisotopic (exact) mass is 563 g/mol. The lowest BCUT2D eigenvalue weighted by Gasteiger charge is -2.38. The van der Waals surface area contributed by atoms with Crippen LogP contribution in [0.2, 0.25) is 5.02 Å². The Morgan fingerprint density at radius 3 is 2.58 bits per heavy atom. The van der Waals surface area contributed by atoms with Crippen molar-refractivity contribution in [1.82, 2.24) is 14.9 Å². The summed E-state index contributed by atoms with van der Waals surface area (Å²) in [6.45, 7) is 5.51. The molecule has 3 aliphatic rings. The van der Waals surface area contributed by atoms with Gasteiger partial charge < -0.3 is 25.2 Å². The van der Waals surface area contributed by atoms with E-state index in [0.29, 0.717) is 37.0 Å². The Balaban J connectivity index is 1.07. The summed E-state index contributed by atoms with van der Waals surface area (Å²) in [5, 5.41) is 9.73. The molecule has 0 bridgehead atoms. The molecule has 3 aromatic rings. The van der Waals surface area contributed by atoms with Gasteiger partial charge in [0, 0.05) is 48.9 Å². The van der Waals surface area contributed by atoms with E-state index in [1.807, 2.05) is 30.3 Å². The molecule has 6 rings (SSSR count). The minimum atomic E-state index is -0.712. The number of carboxylic acid groups (broad SMARTS) is 1. The van der Waals surface area contributed by atoms with Crippen LogP contribution in [-0.2, 0) is 29.0 Å². The lowest BCUT2D eigenvalue weighted by molar-refractivity contribution is -0.151. The highest BCUT2D eigenvalue weighted by molar-refractivity contribution is 6.30. The van der Waals surface area contributed by atoms with Crippen molar-refractivity contribution < 1.29 is 19.4 Å². The molecule has 9 nitrogen and oxygen atoms in total. The molecule has 0 amide bonds. The maximum absolute atomic E-state index is 11.0. The summed E-state index contributed by atoms with van der Waals surface area (Å²) in [5.41, 5.74) is 11.7. The van der Waals surface area contributed by atoms with E-state index < -0.39 is 5.97 Å². The van der Waals surface area contributed by atoms with Crippen LogP contribution in [0.3, 0.4) is 0 Å². The molecular formula is C30H34ClN5O4. The Bertz CT molecular complexity index is 1370. The first-order valence-corrected chi connectivity index (χ1v) is 14.3. The number of aryl methyl sites for hydroxylation is 1. The molecule has 2 aliphatic carbocycles. The van der Waals surface area contributed by atoms with Crippen LogP contribution in [0.25, 0.3) is 11.3 Å². The molecule has 0 spiro atoms. The highest BCUT2D eigenvalue weighted by Gasteiger charge is 2.35. The van der Waals surface area contributed by atoms with Gasteiger partial charge in [-0.3, -0.25) is 9.69 Å². The number of ether oxygens (including phenoxy) is 2. The van der Waals surface area contributed by atoms with Crippen LogP contribution in [0.4, 0.5) is 11.8 Å². The van der Waals surface area contributed by atoms with Gasteiger partial charge in [-0.15, -0.1) is 0 Å². The first kappa shape index (κ1) is 26.8. The largest absolute Gasteiger partial charge is 0.489 e. The zero-order chi connectivity index (χ0) is 27.6. The Kier molecular flexibility index (Phi) is 7.78. The molecule has 210 valence electrons. The van der Waals surface area contributed by atoms with Gasteiger partial charge in [-0.25, -0.2) is 4.98 Å². The van der Waals surface area contributed by atoms with Gasteiger partial charge in [0.2, 0.25) is 5.95 Å². The van der Waals surface area contributed by atoms with Crippen LogP contribution in [-0.4, -0.2) is 71.4 Å². The predicted molar refractivity (Wildman–Crippen MR) is 154 cm³/mol. The topological polar surface area (TPSA) is 114 Å². The fraction of sp³-hybridized carbons (Fsp3) is 0.433. The van der Waals surface area contributed by atoms with Crippen molar-refractivity contribution in [2.24, 2.45) is 5.92 Å². The quantitative estimate of drug-likeness (QED) is 0.398. The highest BCUT2D eigenvalue weighted by Crippen LogP contribution is 2.38. The standard InChI is InChI=1S/C30H34ClN5O4/c31-22-4-1-19(2-5-22)18-40-23-6-8-25-20(15-23)3-7-26-27(25)33-30(32)34-28(26)36-11-9-35(10-12-36)13-14-39-24-16-21(17-24)29(37)38/h1-2,4-6,8,15,21,24H,3,7,9-14,16-18H2,(H,37,38)(H2,32,33,34)/t21-,24+. The number of nitrogens with zero attached hydrogens (tertiary/aromatic N) is 4. The molecule has 0 radical (unpaired) electrons. The third-order valence-corrected chi connectivity index (χ3v) is 8.43. The lowest BCUT2D eigenvalue weighted by atomic mass is 9.82. The first-order valence-electron chi connectivity index (χ1n) is 13.9. The maximum Gasteiger partial charge on any atom is 0.306 e. The van der Waals surface area contributed by atoms with E-state index in [0.717, 1.165) is 79.5 Å². The molecular weight excluding hydrogens is 530 g/mol. The van der Waals surface area contributed by atoms with E-state index in [-0.39, 0.29) is 12.0 Å². The molecule has 1 aliphatic heterocycles. The van der Waals surface area contributed by atoms with Crippen LogP contribution in [0.15, 0.2) is 42.5 Å². The van der Waals surface area contributed by atoms with Crippen LogP contribution < -0.4 is 15.4 Å². The second-order valence-electron chi connectivity index (χ2n) is 10.8. The average Bonchev–Trinajstić information content (AvgIpc) is 2.93. The highest BCUT2D eigenvalue weighted by atomic mass is 35.5. The second kappa shape index (κ2) is 11.6. The van der Waals surface area contributed by atoms with Crippen molar-refractivity contribution in [1.29, 1.82) is 0 Å². The van der Waals surface area contributed by atoms with Gasteiger partial charge in [0.15, 0.2) is 0 Å². The van der Waals surface area contributed by atoms with Crippen molar-refractivity contribution in [2.45, 2.75) is 38.4 Å². The molecule has 1 saturated heterocycles. The van der Waals surface area contributed by atoms with E-state index in [1.165, 1.54) is 5.56 Å². The molecule has 40 heavy (non-hydrogen) atoms. The number of aromatic nitrogens is 2. The van der Waals surface area contributed by atoms with E-state index in [1.54, 1.807) is 0 Å².